The zero-order valence-corrected chi connectivity index (χ0v) is 18.6. The molecule has 6 nitrogen and oxygen atoms in total. The normalized spacial score (nSPS) is 17.0. The molecule has 1 unspecified atom stereocenters. The SMILES string of the molecule is CC(C)c1ccc(C(C)NS(=O)(=O)c2ccc(S(=O)(=O)N3CCCC3)cc2)cc1. The smallest absolute Gasteiger partial charge is 0.207 e. The van der Waals surface area contributed by atoms with Crippen molar-refractivity contribution >= 4 is 20.0 Å². The lowest BCUT2D eigenvalue weighted by molar-refractivity contribution is 0.477. The number of benzene rings is 2. The van der Waals surface area contributed by atoms with Crippen LogP contribution in [0.2, 0.25) is 0 Å². The van der Waals surface area contributed by atoms with E-state index in [1.54, 1.807) is 6.92 Å². The molecule has 0 spiro atoms. The predicted molar refractivity (Wildman–Crippen MR) is 114 cm³/mol. The third-order valence-electron chi connectivity index (χ3n) is 5.27. The number of sulfonamides is 2. The molecule has 1 heterocycles. The zero-order chi connectivity index (χ0) is 21.2. The van der Waals surface area contributed by atoms with Crippen molar-refractivity contribution in [2.24, 2.45) is 0 Å². The van der Waals surface area contributed by atoms with Crippen LogP contribution in [0.1, 0.15) is 56.7 Å². The van der Waals surface area contributed by atoms with E-state index in [1.807, 2.05) is 24.3 Å². The van der Waals surface area contributed by atoms with Gasteiger partial charge in [0.05, 0.1) is 9.79 Å². The van der Waals surface area contributed by atoms with Gasteiger partial charge in [-0.3, -0.25) is 0 Å². The first-order valence-corrected chi connectivity index (χ1v) is 12.8. The average molecular weight is 437 g/mol. The lowest BCUT2D eigenvalue weighted by Gasteiger charge is -2.17. The van der Waals surface area contributed by atoms with Gasteiger partial charge in [-0.1, -0.05) is 38.1 Å². The van der Waals surface area contributed by atoms with Crippen molar-refractivity contribution in [3.05, 3.63) is 59.7 Å². The van der Waals surface area contributed by atoms with Gasteiger partial charge in [0.1, 0.15) is 0 Å². The largest absolute Gasteiger partial charge is 0.243 e. The van der Waals surface area contributed by atoms with Crippen LogP contribution in [-0.2, 0) is 20.0 Å². The van der Waals surface area contributed by atoms with Gasteiger partial charge in [0.25, 0.3) is 0 Å². The highest BCUT2D eigenvalue weighted by atomic mass is 32.2. The van der Waals surface area contributed by atoms with Crippen LogP contribution in [0.25, 0.3) is 0 Å². The van der Waals surface area contributed by atoms with E-state index in [-0.39, 0.29) is 9.79 Å². The minimum Gasteiger partial charge on any atom is -0.207 e. The molecule has 0 aliphatic carbocycles. The van der Waals surface area contributed by atoms with E-state index in [0.29, 0.717) is 19.0 Å². The lowest BCUT2D eigenvalue weighted by Crippen LogP contribution is -2.28. The molecule has 1 saturated heterocycles. The quantitative estimate of drug-likeness (QED) is 0.718. The van der Waals surface area contributed by atoms with Crippen LogP contribution in [-0.4, -0.2) is 34.2 Å². The van der Waals surface area contributed by atoms with Gasteiger partial charge in [0.15, 0.2) is 0 Å². The fourth-order valence-corrected chi connectivity index (χ4v) is 6.16. The Balaban J connectivity index is 1.75. The maximum Gasteiger partial charge on any atom is 0.243 e. The number of rotatable bonds is 7. The summed E-state index contributed by atoms with van der Waals surface area (Å²) in [5.74, 6) is 0.409. The summed E-state index contributed by atoms with van der Waals surface area (Å²) in [7, 11) is -7.33. The molecule has 0 aromatic heterocycles. The van der Waals surface area contributed by atoms with Crippen LogP contribution in [0, 0.1) is 0 Å². The summed E-state index contributed by atoms with van der Waals surface area (Å²) in [6, 6.07) is 12.9. The first-order valence-electron chi connectivity index (χ1n) is 9.83. The number of nitrogens with one attached hydrogen (secondary N) is 1. The third-order valence-corrected chi connectivity index (χ3v) is 8.74. The third kappa shape index (κ3) is 4.88. The molecule has 158 valence electrons. The summed E-state index contributed by atoms with van der Waals surface area (Å²) >= 11 is 0. The summed E-state index contributed by atoms with van der Waals surface area (Å²) in [6.07, 6.45) is 1.71. The van der Waals surface area contributed by atoms with Crippen LogP contribution in [0.4, 0.5) is 0 Å². The molecule has 0 amide bonds. The molecular formula is C21H28N2O4S2. The van der Waals surface area contributed by atoms with Crippen LogP contribution >= 0.6 is 0 Å². The first-order chi connectivity index (χ1) is 13.6. The first kappa shape index (κ1) is 22.0. The predicted octanol–water partition coefficient (Wildman–Crippen LogP) is 3.63. The highest BCUT2D eigenvalue weighted by molar-refractivity contribution is 7.89. The summed E-state index contributed by atoms with van der Waals surface area (Å²) in [4.78, 5) is 0.166. The van der Waals surface area contributed by atoms with Crippen LogP contribution in [0.5, 0.6) is 0 Å². The van der Waals surface area contributed by atoms with E-state index in [1.165, 1.54) is 34.1 Å². The Labute approximate surface area is 174 Å². The van der Waals surface area contributed by atoms with Gasteiger partial charge in [-0.25, -0.2) is 21.6 Å². The molecule has 2 aromatic rings. The fourth-order valence-electron chi connectivity index (χ4n) is 3.41. The fraction of sp³-hybridized carbons (Fsp3) is 0.429. The molecule has 3 rings (SSSR count). The van der Waals surface area contributed by atoms with Crippen molar-refractivity contribution in [1.29, 1.82) is 0 Å². The number of hydrogen-bond acceptors (Lipinski definition) is 4. The molecule has 0 bridgehead atoms. The standard InChI is InChI=1S/C21H28N2O4S2/c1-16(2)18-6-8-19(9-7-18)17(3)22-28(24,25)20-10-12-21(13-11-20)29(26,27)23-14-4-5-15-23/h6-13,16-17,22H,4-5,14-15H2,1-3H3. The van der Waals surface area contributed by atoms with Gasteiger partial charge in [0, 0.05) is 19.1 Å². The molecule has 1 atom stereocenters. The second-order valence-electron chi connectivity index (χ2n) is 7.75. The highest BCUT2D eigenvalue weighted by Gasteiger charge is 2.27. The van der Waals surface area contributed by atoms with Crippen molar-refractivity contribution < 1.29 is 16.8 Å². The van der Waals surface area contributed by atoms with Crippen LogP contribution < -0.4 is 4.72 Å². The molecule has 1 aliphatic heterocycles. The van der Waals surface area contributed by atoms with Crippen molar-refractivity contribution in [3.63, 3.8) is 0 Å². The number of nitrogens with zero attached hydrogens (tertiary/aromatic N) is 1. The van der Waals surface area contributed by atoms with E-state index in [2.05, 4.69) is 18.6 Å². The molecule has 29 heavy (non-hydrogen) atoms. The molecule has 2 aromatic carbocycles. The summed E-state index contributed by atoms with van der Waals surface area (Å²) in [6.45, 7) is 7.02. The van der Waals surface area contributed by atoms with E-state index in [4.69, 9.17) is 0 Å². The van der Waals surface area contributed by atoms with Crippen molar-refractivity contribution in [2.75, 3.05) is 13.1 Å². The minimum atomic E-state index is -3.77. The van der Waals surface area contributed by atoms with Crippen molar-refractivity contribution in [2.45, 2.75) is 55.4 Å². The second kappa shape index (κ2) is 8.55. The molecular weight excluding hydrogens is 408 g/mol. The molecule has 0 saturated carbocycles. The lowest BCUT2D eigenvalue weighted by atomic mass is 10.00. The Hall–Kier alpha value is -1.74. The van der Waals surface area contributed by atoms with E-state index in [0.717, 1.165) is 18.4 Å². The molecule has 8 heteroatoms. The second-order valence-corrected chi connectivity index (χ2v) is 11.4. The Morgan fingerprint density at radius 1 is 0.759 bits per heavy atom. The monoisotopic (exact) mass is 436 g/mol. The van der Waals surface area contributed by atoms with Crippen LogP contribution in [0.15, 0.2) is 58.3 Å². The summed E-state index contributed by atoms with van der Waals surface area (Å²) in [5, 5.41) is 0. The van der Waals surface area contributed by atoms with Gasteiger partial charge in [-0.15, -0.1) is 0 Å². The van der Waals surface area contributed by atoms with Gasteiger partial charge in [0.2, 0.25) is 20.0 Å². The van der Waals surface area contributed by atoms with Crippen molar-refractivity contribution in [1.82, 2.24) is 9.03 Å². The molecule has 1 aliphatic rings. The minimum absolute atomic E-state index is 0.0449. The van der Waals surface area contributed by atoms with Crippen LogP contribution in [0.3, 0.4) is 0 Å². The highest BCUT2D eigenvalue weighted by Crippen LogP contribution is 2.24. The Morgan fingerprint density at radius 2 is 1.24 bits per heavy atom. The van der Waals surface area contributed by atoms with E-state index >= 15 is 0 Å². The van der Waals surface area contributed by atoms with E-state index in [9.17, 15) is 16.8 Å². The van der Waals surface area contributed by atoms with Gasteiger partial charge in [-0.2, -0.15) is 4.31 Å². The van der Waals surface area contributed by atoms with Crippen molar-refractivity contribution in [3.8, 4) is 0 Å². The van der Waals surface area contributed by atoms with Gasteiger partial charge >= 0.3 is 0 Å². The van der Waals surface area contributed by atoms with Gasteiger partial charge in [-0.05, 0) is 61.1 Å². The maximum absolute atomic E-state index is 12.7. The molecule has 1 N–H and O–H groups in total. The summed E-state index contributed by atoms with van der Waals surface area (Å²) in [5.41, 5.74) is 2.06. The maximum atomic E-state index is 12.7. The topological polar surface area (TPSA) is 83.5 Å². The number of hydrogen-bond donors (Lipinski definition) is 1. The summed E-state index contributed by atoms with van der Waals surface area (Å²) < 4.78 is 54.8. The molecule has 1 fully saturated rings. The Morgan fingerprint density at radius 3 is 1.76 bits per heavy atom. The van der Waals surface area contributed by atoms with E-state index < -0.39 is 26.1 Å². The zero-order valence-electron chi connectivity index (χ0n) is 17.0. The molecule has 0 radical (unpaired) electrons. The Bertz CT molecular complexity index is 1040. The average Bonchev–Trinajstić information content (AvgIpc) is 3.23. The Kier molecular flexibility index (Phi) is 6.48. The van der Waals surface area contributed by atoms with Gasteiger partial charge < -0.3 is 0 Å².